The van der Waals surface area contributed by atoms with Gasteiger partial charge in [0.1, 0.15) is 9.84 Å². The van der Waals surface area contributed by atoms with E-state index in [2.05, 4.69) is 4.90 Å². The first kappa shape index (κ1) is 17.1. The second kappa shape index (κ2) is 7.33. The summed E-state index contributed by atoms with van der Waals surface area (Å²) in [4.78, 5) is 16.1. The molecule has 5 nitrogen and oxygen atoms in total. The van der Waals surface area contributed by atoms with Crippen molar-refractivity contribution in [3.8, 4) is 0 Å². The fraction of sp³-hybridized carbons (Fsp3) is 0.533. The van der Waals surface area contributed by atoms with Gasteiger partial charge in [-0.25, -0.2) is 8.42 Å². The predicted molar refractivity (Wildman–Crippen MR) is 89.2 cm³/mol. The maximum absolute atomic E-state index is 12.1. The predicted octanol–water partition coefficient (Wildman–Crippen LogP) is 1.81. The molecule has 1 heterocycles. The Morgan fingerprint density at radius 3 is 2.41 bits per heavy atom. The van der Waals surface area contributed by atoms with Crippen molar-refractivity contribution in [2.24, 2.45) is 0 Å². The number of halogens is 1. The molecule has 1 saturated heterocycles. The first-order valence-electron chi connectivity index (χ1n) is 7.32. The first-order chi connectivity index (χ1) is 10.4. The summed E-state index contributed by atoms with van der Waals surface area (Å²) < 4.78 is 22.2. The Balaban J connectivity index is 1.82. The van der Waals surface area contributed by atoms with E-state index in [1.807, 2.05) is 24.3 Å². The van der Waals surface area contributed by atoms with E-state index in [1.165, 1.54) is 6.26 Å². The van der Waals surface area contributed by atoms with Crippen LogP contribution >= 0.6 is 11.6 Å². The van der Waals surface area contributed by atoms with Crippen LogP contribution in [0.15, 0.2) is 24.3 Å². The Morgan fingerprint density at radius 2 is 1.82 bits per heavy atom. The van der Waals surface area contributed by atoms with Gasteiger partial charge in [0.2, 0.25) is 5.91 Å². The van der Waals surface area contributed by atoms with E-state index in [9.17, 15) is 13.2 Å². The highest BCUT2D eigenvalue weighted by Gasteiger charge is 2.22. The minimum atomic E-state index is -2.99. The number of carbonyl (C=O) groups is 1. The van der Waals surface area contributed by atoms with Gasteiger partial charge in [0.25, 0.3) is 0 Å². The second-order valence-electron chi connectivity index (χ2n) is 5.55. The Morgan fingerprint density at radius 1 is 1.18 bits per heavy atom. The third kappa shape index (κ3) is 4.88. The summed E-state index contributed by atoms with van der Waals surface area (Å²) in [6.07, 6.45) is 1.88. The van der Waals surface area contributed by atoms with Gasteiger partial charge in [0.05, 0.1) is 16.5 Å². The topological polar surface area (TPSA) is 57.7 Å². The van der Waals surface area contributed by atoms with Gasteiger partial charge < -0.3 is 9.80 Å². The molecule has 0 unspecified atom stereocenters. The number of para-hydroxylation sites is 1. The molecule has 1 aromatic carbocycles. The van der Waals surface area contributed by atoms with Crippen molar-refractivity contribution >= 4 is 33.0 Å². The molecule has 0 aliphatic carbocycles. The van der Waals surface area contributed by atoms with E-state index >= 15 is 0 Å². The summed E-state index contributed by atoms with van der Waals surface area (Å²) in [5.74, 6) is 0.0978. The van der Waals surface area contributed by atoms with E-state index in [0.29, 0.717) is 25.9 Å². The molecule has 7 heteroatoms. The molecule has 0 saturated carbocycles. The third-order valence-electron chi connectivity index (χ3n) is 3.73. The lowest BCUT2D eigenvalue weighted by molar-refractivity contribution is -0.131. The van der Waals surface area contributed by atoms with Crippen LogP contribution in [0.1, 0.15) is 12.8 Å². The third-order valence-corrected chi connectivity index (χ3v) is 5.08. The summed E-state index contributed by atoms with van der Waals surface area (Å²) in [5, 5.41) is 0.718. The molecule has 0 aromatic heterocycles. The van der Waals surface area contributed by atoms with Gasteiger partial charge in [-0.05, 0) is 18.6 Å². The first-order valence-corrected chi connectivity index (χ1v) is 9.75. The van der Waals surface area contributed by atoms with Gasteiger partial charge in [-0.2, -0.15) is 0 Å². The molecular formula is C15H21ClN2O3S. The Kier molecular flexibility index (Phi) is 5.69. The van der Waals surface area contributed by atoms with Crippen LogP contribution in [0.4, 0.5) is 5.69 Å². The zero-order valence-corrected chi connectivity index (χ0v) is 14.2. The van der Waals surface area contributed by atoms with Crippen LogP contribution in [0, 0.1) is 0 Å². The summed E-state index contributed by atoms with van der Waals surface area (Å²) in [6, 6.07) is 7.68. The molecule has 1 aliphatic rings. The maximum Gasteiger partial charge on any atom is 0.222 e. The number of carbonyl (C=O) groups excluding carboxylic acids is 1. The van der Waals surface area contributed by atoms with Crippen molar-refractivity contribution in [3.05, 3.63) is 29.3 Å². The van der Waals surface area contributed by atoms with Crippen LogP contribution in [-0.4, -0.2) is 57.4 Å². The largest absolute Gasteiger partial charge is 0.367 e. The molecule has 0 spiro atoms. The minimum Gasteiger partial charge on any atom is -0.367 e. The number of rotatable bonds is 5. The number of amides is 1. The Hall–Kier alpha value is -1.27. The highest BCUT2D eigenvalue weighted by Crippen LogP contribution is 2.26. The molecule has 0 atom stereocenters. The molecule has 0 N–H and O–H groups in total. The number of benzene rings is 1. The fourth-order valence-corrected chi connectivity index (χ4v) is 3.47. The molecule has 1 amide bonds. The van der Waals surface area contributed by atoms with Gasteiger partial charge in [0.15, 0.2) is 0 Å². The molecule has 0 radical (unpaired) electrons. The standard InChI is InChI=1S/C15H21ClN2O3S/c1-22(20,21)12-4-7-15(19)18-10-8-17(9-11-18)14-6-3-2-5-13(14)16/h2-3,5-6H,4,7-12H2,1H3. The molecule has 0 bridgehead atoms. The minimum absolute atomic E-state index is 0.0301. The monoisotopic (exact) mass is 344 g/mol. The highest BCUT2D eigenvalue weighted by atomic mass is 35.5. The van der Waals surface area contributed by atoms with Crippen LogP contribution in [0.2, 0.25) is 5.02 Å². The normalized spacial score (nSPS) is 15.9. The number of sulfone groups is 1. The van der Waals surface area contributed by atoms with E-state index in [1.54, 1.807) is 4.90 Å². The maximum atomic E-state index is 12.1. The lowest BCUT2D eigenvalue weighted by Crippen LogP contribution is -2.48. The zero-order valence-electron chi connectivity index (χ0n) is 12.7. The highest BCUT2D eigenvalue weighted by molar-refractivity contribution is 7.90. The number of nitrogens with zero attached hydrogens (tertiary/aromatic N) is 2. The molecule has 1 aliphatic heterocycles. The second-order valence-corrected chi connectivity index (χ2v) is 8.22. The van der Waals surface area contributed by atoms with Crippen LogP contribution in [0.5, 0.6) is 0 Å². The fourth-order valence-electron chi connectivity index (χ4n) is 2.55. The average molecular weight is 345 g/mol. The van der Waals surface area contributed by atoms with Crippen molar-refractivity contribution in [2.45, 2.75) is 12.8 Å². The summed E-state index contributed by atoms with van der Waals surface area (Å²) in [7, 11) is -2.99. The van der Waals surface area contributed by atoms with Gasteiger partial charge in [-0.3, -0.25) is 4.79 Å². The van der Waals surface area contributed by atoms with E-state index in [-0.39, 0.29) is 11.7 Å². The van der Waals surface area contributed by atoms with Crippen LogP contribution < -0.4 is 4.90 Å². The Bertz CT molecular complexity index is 625. The number of hydrogen-bond acceptors (Lipinski definition) is 4. The van der Waals surface area contributed by atoms with Crippen LogP contribution in [0.25, 0.3) is 0 Å². The van der Waals surface area contributed by atoms with Crippen molar-refractivity contribution < 1.29 is 13.2 Å². The molecule has 2 rings (SSSR count). The average Bonchev–Trinajstić information content (AvgIpc) is 2.46. The molecule has 1 aromatic rings. The lowest BCUT2D eigenvalue weighted by atomic mass is 10.2. The molecular weight excluding hydrogens is 324 g/mol. The van der Waals surface area contributed by atoms with Crippen LogP contribution in [0.3, 0.4) is 0 Å². The molecule has 22 heavy (non-hydrogen) atoms. The summed E-state index contributed by atoms with van der Waals surface area (Å²) in [5.41, 5.74) is 0.994. The number of anilines is 1. The van der Waals surface area contributed by atoms with Crippen molar-refractivity contribution in [1.82, 2.24) is 4.90 Å². The summed E-state index contributed by atoms with van der Waals surface area (Å²) >= 11 is 6.19. The zero-order chi connectivity index (χ0) is 16.2. The smallest absolute Gasteiger partial charge is 0.222 e. The van der Waals surface area contributed by atoms with Crippen molar-refractivity contribution in [1.29, 1.82) is 0 Å². The van der Waals surface area contributed by atoms with Gasteiger partial charge >= 0.3 is 0 Å². The molecule has 1 fully saturated rings. The van der Waals surface area contributed by atoms with E-state index < -0.39 is 9.84 Å². The summed E-state index contributed by atoms with van der Waals surface area (Å²) in [6.45, 7) is 2.76. The van der Waals surface area contributed by atoms with Crippen molar-refractivity contribution in [2.75, 3.05) is 43.1 Å². The van der Waals surface area contributed by atoms with Crippen molar-refractivity contribution in [3.63, 3.8) is 0 Å². The SMILES string of the molecule is CS(=O)(=O)CCCC(=O)N1CCN(c2ccccc2Cl)CC1. The van der Waals surface area contributed by atoms with Gasteiger partial charge in [-0.15, -0.1) is 0 Å². The Labute approximate surface area is 136 Å². The number of hydrogen-bond donors (Lipinski definition) is 0. The van der Waals surface area contributed by atoms with E-state index in [0.717, 1.165) is 23.8 Å². The van der Waals surface area contributed by atoms with Gasteiger partial charge in [0, 0.05) is 38.9 Å². The van der Waals surface area contributed by atoms with Crippen LogP contribution in [-0.2, 0) is 14.6 Å². The quantitative estimate of drug-likeness (QED) is 0.817. The van der Waals surface area contributed by atoms with Gasteiger partial charge in [-0.1, -0.05) is 23.7 Å². The lowest BCUT2D eigenvalue weighted by Gasteiger charge is -2.36. The number of piperazine rings is 1. The van der Waals surface area contributed by atoms with E-state index in [4.69, 9.17) is 11.6 Å². The molecule has 122 valence electrons.